The average Bonchev–Trinajstić information content (AvgIpc) is 3.04. The highest BCUT2D eigenvalue weighted by molar-refractivity contribution is 6.32. The van der Waals surface area contributed by atoms with Crippen LogP contribution in [0.1, 0.15) is 36.5 Å². The molecule has 0 bridgehead atoms. The SMILES string of the molecule is Cc1nn(C(C)C(=O)NCCCn2nc(C(F)(F)F)c(Cl)c2C)cc1Cl. The van der Waals surface area contributed by atoms with E-state index in [0.717, 1.165) is 0 Å². The Kier molecular flexibility index (Phi) is 6.23. The fraction of sp³-hybridized carbons (Fsp3) is 0.533. The molecule has 0 aliphatic heterocycles. The number of alkyl halides is 3. The molecule has 2 aromatic rings. The summed E-state index contributed by atoms with van der Waals surface area (Å²) in [7, 11) is 0. The Morgan fingerprint density at radius 1 is 1.31 bits per heavy atom. The molecule has 11 heteroatoms. The van der Waals surface area contributed by atoms with Crippen LogP contribution in [0.2, 0.25) is 10.0 Å². The maximum atomic E-state index is 12.8. The van der Waals surface area contributed by atoms with Crippen molar-refractivity contribution in [3.63, 3.8) is 0 Å². The van der Waals surface area contributed by atoms with E-state index >= 15 is 0 Å². The van der Waals surface area contributed by atoms with Crippen LogP contribution in [0.5, 0.6) is 0 Å². The molecular weight excluding hydrogens is 394 g/mol. The van der Waals surface area contributed by atoms with E-state index in [1.165, 1.54) is 16.3 Å². The van der Waals surface area contributed by atoms with E-state index in [2.05, 4.69) is 15.5 Å². The summed E-state index contributed by atoms with van der Waals surface area (Å²) in [6.45, 7) is 5.34. The molecule has 144 valence electrons. The van der Waals surface area contributed by atoms with Crippen molar-refractivity contribution in [1.82, 2.24) is 24.9 Å². The number of nitrogens with one attached hydrogen (secondary N) is 1. The summed E-state index contributed by atoms with van der Waals surface area (Å²) in [6, 6.07) is -0.557. The van der Waals surface area contributed by atoms with Crippen molar-refractivity contribution in [3.05, 3.63) is 33.3 Å². The van der Waals surface area contributed by atoms with Gasteiger partial charge in [-0.15, -0.1) is 0 Å². The van der Waals surface area contributed by atoms with Gasteiger partial charge in [0.15, 0.2) is 5.69 Å². The second kappa shape index (κ2) is 7.87. The predicted molar refractivity (Wildman–Crippen MR) is 91.3 cm³/mol. The third-order valence-electron chi connectivity index (χ3n) is 3.88. The van der Waals surface area contributed by atoms with Crippen molar-refractivity contribution in [2.24, 2.45) is 0 Å². The second-order valence-electron chi connectivity index (χ2n) is 5.83. The van der Waals surface area contributed by atoms with Crippen molar-refractivity contribution in [3.8, 4) is 0 Å². The molecule has 0 saturated heterocycles. The first-order valence-electron chi connectivity index (χ1n) is 7.81. The van der Waals surface area contributed by atoms with Crippen LogP contribution in [0.25, 0.3) is 0 Å². The maximum absolute atomic E-state index is 12.8. The Labute approximate surface area is 158 Å². The van der Waals surface area contributed by atoms with Gasteiger partial charge >= 0.3 is 6.18 Å². The lowest BCUT2D eigenvalue weighted by Crippen LogP contribution is -2.32. The molecule has 0 aliphatic rings. The third-order valence-corrected chi connectivity index (χ3v) is 4.70. The van der Waals surface area contributed by atoms with Crippen LogP contribution in [0.3, 0.4) is 0 Å². The number of aromatic nitrogens is 4. The van der Waals surface area contributed by atoms with Crippen molar-refractivity contribution in [1.29, 1.82) is 0 Å². The summed E-state index contributed by atoms with van der Waals surface area (Å²) >= 11 is 11.6. The zero-order valence-corrected chi connectivity index (χ0v) is 15.9. The van der Waals surface area contributed by atoms with Crippen LogP contribution in [-0.2, 0) is 17.5 Å². The maximum Gasteiger partial charge on any atom is 0.436 e. The summed E-state index contributed by atoms with van der Waals surface area (Å²) in [4.78, 5) is 12.1. The number of halogens is 5. The molecule has 0 aliphatic carbocycles. The molecule has 0 spiro atoms. The standard InChI is InChI=1S/C15H18Cl2F3N5O/c1-8-11(16)7-25(22-8)10(3)14(26)21-5-4-6-24-9(2)12(17)13(23-24)15(18,19)20/h7,10H,4-6H2,1-3H3,(H,21,26). The van der Waals surface area contributed by atoms with Crippen LogP contribution in [-0.4, -0.2) is 32.0 Å². The van der Waals surface area contributed by atoms with Crippen LogP contribution >= 0.6 is 23.2 Å². The van der Waals surface area contributed by atoms with Crippen molar-refractivity contribution in [2.45, 2.75) is 46.0 Å². The molecule has 6 nitrogen and oxygen atoms in total. The van der Waals surface area contributed by atoms with Crippen LogP contribution < -0.4 is 5.32 Å². The molecule has 0 saturated carbocycles. The van der Waals surface area contributed by atoms with E-state index in [1.807, 2.05) is 0 Å². The summed E-state index contributed by atoms with van der Waals surface area (Å²) in [5, 5.41) is 10.4. The van der Waals surface area contributed by atoms with Gasteiger partial charge in [-0.3, -0.25) is 14.2 Å². The Hall–Kier alpha value is -1.74. The van der Waals surface area contributed by atoms with E-state index in [-0.39, 0.29) is 24.7 Å². The summed E-state index contributed by atoms with van der Waals surface area (Å²) in [5.41, 5.74) is -0.238. The summed E-state index contributed by atoms with van der Waals surface area (Å²) in [6.07, 6.45) is -2.64. The largest absolute Gasteiger partial charge is 0.436 e. The number of amides is 1. The van der Waals surface area contributed by atoms with Gasteiger partial charge in [-0.05, 0) is 27.2 Å². The number of nitrogens with zero attached hydrogens (tertiary/aromatic N) is 4. The van der Waals surface area contributed by atoms with E-state index in [9.17, 15) is 18.0 Å². The molecule has 1 N–H and O–H groups in total. The number of hydrogen-bond acceptors (Lipinski definition) is 3. The lowest BCUT2D eigenvalue weighted by Gasteiger charge is -2.13. The fourth-order valence-electron chi connectivity index (χ4n) is 2.29. The van der Waals surface area contributed by atoms with Gasteiger partial charge < -0.3 is 5.32 Å². The first-order chi connectivity index (χ1) is 12.0. The van der Waals surface area contributed by atoms with Gasteiger partial charge in [0.25, 0.3) is 0 Å². The molecule has 2 heterocycles. The Balaban J connectivity index is 1.88. The highest BCUT2D eigenvalue weighted by Gasteiger charge is 2.38. The minimum atomic E-state index is -4.60. The van der Waals surface area contributed by atoms with Gasteiger partial charge in [-0.1, -0.05) is 23.2 Å². The van der Waals surface area contributed by atoms with Gasteiger partial charge in [0, 0.05) is 19.3 Å². The number of rotatable bonds is 6. The minimum absolute atomic E-state index is 0.197. The number of hydrogen-bond donors (Lipinski definition) is 1. The minimum Gasteiger partial charge on any atom is -0.354 e. The predicted octanol–water partition coefficient (Wildman–Crippen LogP) is 3.79. The summed E-state index contributed by atoms with van der Waals surface area (Å²) in [5.74, 6) is -0.268. The highest BCUT2D eigenvalue weighted by atomic mass is 35.5. The van der Waals surface area contributed by atoms with Gasteiger partial charge in [-0.2, -0.15) is 23.4 Å². The molecule has 1 unspecified atom stereocenters. The lowest BCUT2D eigenvalue weighted by atomic mass is 10.3. The smallest absolute Gasteiger partial charge is 0.354 e. The fourth-order valence-corrected chi connectivity index (χ4v) is 2.67. The number of aryl methyl sites for hydroxylation is 2. The van der Waals surface area contributed by atoms with Crippen molar-refractivity contribution in [2.75, 3.05) is 6.54 Å². The van der Waals surface area contributed by atoms with Gasteiger partial charge in [-0.25, -0.2) is 0 Å². The number of carbonyl (C=O) groups excluding carboxylic acids is 1. The van der Waals surface area contributed by atoms with Gasteiger partial charge in [0.05, 0.1) is 21.4 Å². The molecule has 0 fully saturated rings. The van der Waals surface area contributed by atoms with Gasteiger partial charge in [0.2, 0.25) is 5.91 Å². The Morgan fingerprint density at radius 2 is 1.96 bits per heavy atom. The van der Waals surface area contributed by atoms with Crippen molar-refractivity contribution >= 4 is 29.1 Å². The topological polar surface area (TPSA) is 64.7 Å². The molecule has 2 aromatic heterocycles. The normalized spacial score (nSPS) is 13.1. The van der Waals surface area contributed by atoms with Crippen LogP contribution in [0.15, 0.2) is 6.20 Å². The molecule has 0 aromatic carbocycles. The summed E-state index contributed by atoms with van der Waals surface area (Å²) < 4.78 is 41.0. The molecule has 1 amide bonds. The lowest BCUT2D eigenvalue weighted by molar-refractivity contribution is -0.141. The second-order valence-corrected chi connectivity index (χ2v) is 6.62. The van der Waals surface area contributed by atoms with E-state index in [0.29, 0.717) is 17.1 Å². The monoisotopic (exact) mass is 411 g/mol. The molecular formula is C15H18Cl2F3N5O. The molecule has 26 heavy (non-hydrogen) atoms. The zero-order valence-electron chi connectivity index (χ0n) is 14.4. The highest BCUT2D eigenvalue weighted by Crippen LogP contribution is 2.35. The quantitative estimate of drug-likeness (QED) is 0.735. The van der Waals surface area contributed by atoms with Crippen LogP contribution in [0, 0.1) is 13.8 Å². The Morgan fingerprint density at radius 3 is 2.46 bits per heavy atom. The first-order valence-corrected chi connectivity index (χ1v) is 8.57. The molecule has 0 radical (unpaired) electrons. The van der Waals surface area contributed by atoms with E-state index < -0.39 is 22.9 Å². The molecule has 1 atom stereocenters. The molecule has 2 rings (SSSR count). The average molecular weight is 412 g/mol. The first kappa shape index (κ1) is 20.6. The third kappa shape index (κ3) is 4.50. The number of carbonyl (C=O) groups is 1. The van der Waals surface area contributed by atoms with E-state index in [1.54, 1.807) is 20.0 Å². The zero-order chi connectivity index (χ0) is 19.6. The van der Waals surface area contributed by atoms with E-state index in [4.69, 9.17) is 23.2 Å². The van der Waals surface area contributed by atoms with Crippen LogP contribution in [0.4, 0.5) is 13.2 Å². The van der Waals surface area contributed by atoms with Gasteiger partial charge in [0.1, 0.15) is 6.04 Å². The Bertz CT molecular complexity index is 781. The van der Waals surface area contributed by atoms with Crippen molar-refractivity contribution < 1.29 is 18.0 Å².